The maximum atomic E-state index is 2.34. The van der Waals surface area contributed by atoms with E-state index in [1.165, 1.54) is 21.0 Å². The predicted molar refractivity (Wildman–Crippen MR) is 156 cm³/mol. The van der Waals surface area contributed by atoms with Crippen molar-refractivity contribution in [2.75, 3.05) is 0 Å². The van der Waals surface area contributed by atoms with Gasteiger partial charge in [-0.15, -0.1) is 0 Å². The van der Waals surface area contributed by atoms with Crippen LogP contribution in [-0.2, 0) is 0 Å². The van der Waals surface area contributed by atoms with Crippen molar-refractivity contribution in [1.29, 1.82) is 0 Å². The molecule has 35 heavy (non-hydrogen) atoms. The van der Waals surface area contributed by atoms with Crippen molar-refractivity contribution in [1.82, 2.24) is 4.58 Å². The second kappa shape index (κ2) is 10.3. The predicted octanol–water partition coefficient (Wildman–Crippen LogP) is 9.55. The Labute approximate surface area is 215 Å². The Morgan fingerprint density at radius 2 is 1.00 bits per heavy atom. The molecule has 0 saturated heterocycles. The fraction of sp³-hybridized carbons (Fsp3) is 0.242. The highest BCUT2D eigenvalue weighted by molar-refractivity contribution is 8.06. The van der Waals surface area contributed by atoms with E-state index in [1.54, 1.807) is 0 Å². The molecular weight excluding hydrogens is 442 g/mol. The van der Waals surface area contributed by atoms with E-state index in [1.807, 2.05) is 11.8 Å². The molecule has 0 bridgehead atoms. The molecule has 0 unspecified atom stereocenters. The summed E-state index contributed by atoms with van der Waals surface area (Å²) in [6.45, 7) is 13.8. The Bertz CT molecular complexity index is 1190. The van der Waals surface area contributed by atoms with Gasteiger partial charge in [0.1, 0.15) is 0 Å². The van der Waals surface area contributed by atoms with Gasteiger partial charge >= 0.3 is 0 Å². The van der Waals surface area contributed by atoms with Crippen molar-refractivity contribution in [3.05, 3.63) is 130 Å². The summed E-state index contributed by atoms with van der Waals surface area (Å²) in [6, 6.07) is 21.0. The molecule has 4 rings (SSSR count). The molecule has 2 heteroatoms. The summed E-state index contributed by atoms with van der Waals surface area (Å²) in [5.41, 5.74) is 6.16. The van der Waals surface area contributed by atoms with Crippen LogP contribution < -0.4 is 4.58 Å². The third kappa shape index (κ3) is 6.32. The quantitative estimate of drug-likeness (QED) is 0.397. The van der Waals surface area contributed by atoms with Crippen molar-refractivity contribution in [2.24, 2.45) is 10.8 Å². The van der Waals surface area contributed by atoms with Gasteiger partial charge in [-0.25, -0.2) is 0 Å². The highest BCUT2D eigenvalue weighted by Gasteiger charge is 2.27. The van der Waals surface area contributed by atoms with E-state index in [4.69, 9.17) is 0 Å². The lowest BCUT2D eigenvalue weighted by atomic mass is 9.91. The Balaban J connectivity index is 1.68. The first-order chi connectivity index (χ1) is 16.6. The number of para-hydroxylation sites is 2. The summed E-state index contributed by atoms with van der Waals surface area (Å²) >= 11 is 1.93. The van der Waals surface area contributed by atoms with E-state index in [9.17, 15) is 0 Å². The number of nitrogens with zero attached hydrogens (tertiary/aromatic N) is 1. The first-order valence-electron chi connectivity index (χ1n) is 12.3. The van der Waals surface area contributed by atoms with Crippen LogP contribution in [0, 0.1) is 10.8 Å². The molecular formula is C33H36NS+. The van der Waals surface area contributed by atoms with Gasteiger partial charge in [-0.05, 0) is 56.1 Å². The number of benzene rings is 2. The van der Waals surface area contributed by atoms with Crippen LogP contribution in [0.4, 0.5) is 11.4 Å². The lowest BCUT2D eigenvalue weighted by Crippen LogP contribution is -2.14. The molecule has 1 aliphatic heterocycles. The molecule has 0 N–H and O–H groups in total. The minimum atomic E-state index is 0.133. The summed E-state index contributed by atoms with van der Waals surface area (Å²) in [7, 11) is 0. The Hall–Kier alpha value is -3.10. The second-order valence-electron chi connectivity index (χ2n) is 11.1. The minimum Gasteiger partial charge on any atom is -0.154 e. The van der Waals surface area contributed by atoms with Gasteiger partial charge < -0.3 is 0 Å². The Morgan fingerprint density at radius 3 is 1.43 bits per heavy atom. The third-order valence-electron chi connectivity index (χ3n) is 5.94. The molecule has 0 radical (unpaired) electrons. The van der Waals surface area contributed by atoms with Gasteiger partial charge in [-0.3, -0.25) is 0 Å². The average molecular weight is 479 g/mol. The highest BCUT2D eigenvalue weighted by atomic mass is 32.2. The highest BCUT2D eigenvalue weighted by Crippen LogP contribution is 2.48. The summed E-state index contributed by atoms with van der Waals surface area (Å²) in [5, 5.41) is 0. The van der Waals surface area contributed by atoms with Crippen molar-refractivity contribution >= 4 is 28.8 Å². The van der Waals surface area contributed by atoms with Crippen LogP contribution in [0.5, 0.6) is 0 Å². The molecule has 2 aliphatic rings. The first kappa shape index (κ1) is 25.0. The Morgan fingerprint density at radius 1 is 0.571 bits per heavy atom. The molecule has 0 aromatic heterocycles. The largest absolute Gasteiger partial charge is 0.211 e. The van der Waals surface area contributed by atoms with Crippen LogP contribution in [-0.4, -0.2) is 5.71 Å². The molecule has 0 amide bonds. The van der Waals surface area contributed by atoms with Gasteiger partial charge in [0.05, 0.1) is 0 Å². The van der Waals surface area contributed by atoms with Crippen LogP contribution in [0.3, 0.4) is 0 Å². The van der Waals surface area contributed by atoms with Crippen molar-refractivity contribution in [2.45, 2.75) is 41.5 Å². The summed E-state index contributed by atoms with van der Waals surface area (Å²) in [5.74, 6) is 0. The molecule has 178 valence electrons. The number of thioether (sulfide) groups is 1. The second-order valence-corrected chi connectivity index (χ2v) is 12.1. The number of rotatable bonds is 3. The van der Waals surface area contributed by atoms with Crippen LogP contribution in [0.1, 0.15) is 41.5 Å². The average Bonchev–Trinajstić information content (AvgIpc) is 2.84. The van der Waals surface area contributed by atoms with Gasteiger partial charge in [0.25, 0.3) is 0 Å². The van der Waals surface area contributed by atoms with Gasteiger partial charge in [-0.2, -0.15) is 4.58 Å². The summed E-state index contributed by atoms with van der Waals surface area (Å²) in [6.07, 6.45) is 18.0. The standard InChI is InChI=1S/C33H36NS/c1-32(2,3)30-23-26(24-31(35-30)33(4,5)6)18-17-25-19-21-29(22-20-25)34(27-13-9-7-10-14-27)28-15-11-8-12-16-28/h7-24H,1-6H3/q+1. The summed E-state index contributed by atoms with van der Waals surface area (Å²) < 4.78 is 2.29. The lowest BCUT2D eigenvalue weighted by Gasteiger charge is -2.31. The maximum absolute atomic E-state index is 2.34. The number of hydrogen-bond donors (Lipinski definition) is 0. The fourth-order valence-corrected chi connectivity index (χ4v) is 5.12. The zero-order valence-corrected chi connectivity index (χ0v) is 22.6. The third-order valence-corrected chi connectivity index (χ3v) is 7.84. The molecule has 2 aromatic rings. The monoisotopic (exact) mass is 478 g/mol. The van der Waals surface area contributed by atoms with E-state index in [-0.39, 0.29) is 10.8 Å². The first-order valence-corrected chi connectivity index (χ1v) is 13.1. The number of hydrogen-bond acceptors (Lipinski definition) is 1. The van der Waals surface area contributed by atoms with E-state index >= 15 is 0 Å². The van der Waals surface area contributed by atoms with E-state index in [2.05, 4.69) is 155 Å². The zero-order valence-electron chi connectivity index (χ0n) is 21.7. The molecule has 2 aromatic carbocycles. The molecule has 1 nitrogen and oxygen atoms in total. The van der Waals surface area contributed by atoms with Gasteiger partial charge in [0.2, 0.25) is 17.1 Å². The normalized spacial score (nSPS) is 16.1. The van der Waals surface area contributed by atoms with E-state index in [0.29, 0.717) is 0 Å². The molecule has 1 aliphatic carbocycles. The topological polar surface area (TPSA) is 3.01 Å². The number of allylic oxidation sites excluding steroid dienone is 12. The maximum Gasteiger partial charge on any atom is 0.211 e. The fourth-order valence-electron chi connectivity index (χ4n) is 3.89. The molecule has 0 atom stereocenters. The molecule has 1 heterocycles. The van der Waals surface area contributed by atoms with Crippen molar-refractivity contribution in [3.8, 4) is 0 Å². The van der Waals surface area contributed by atoms with Gasteiger partial charge in [0.15, 0.2) is 0 Å². The molecule has 0 saturated carbocycles. The summed E-state index contributed by atoms with van der Waals surface area (Å²) in [4.78, 5) is 2.84. The van der Waals surface area contributed by atoms with E-state index in [0.717, 1.165) is 17.1 Å². The Kier molecular flexibility index (Phi) is 7.33. The zero-order chi connectivity index (χ0) is 25.1. The smallest absolute Gasteiger partial charge is 0.154 e. The van der Waals surface area contributed by atoms with Crippen molar-refractivity contribution < 1.29 is 0 Å². The van der Waals surface area contributed by atoms with E-state index < -0.39 is 0 Å². The van der Waals surface area contributed by atoms with Crippen LogP contribution in [0.15, 0.2) is 130 Å². The van der Waals surface area contributed by atoms with Crippen LogP contribution >= 0.6 is 11.8 Å². The van der Waals surface area contributed by atoms with Crippen molar-refractivity contribution in [3.63, 3.8) is 0 Å². The van der Waals surface area contributed by atoms with Gasteiger partial charge in [-0.1, -0.05) is 102 Å². The minimum absolute atomic E-state index is 0.133. The van der Waals surface area contributed by atoms with Crippen LogP contribution in [0.2, 0.25) is 0 Å². The van der Waals surface area contributed by atoms with Crippen LogP contribution in [0.25, 0.3) is 0 Å². The lowest BCUT2D eigenvalue weighted by molar-refractivity contribution is 0.521. The van der Waals surface area contributed by atoms with Gasteiger partial charge in [0, 0.05) is 36.4 Å². The molecule has 0 spiro atoms. The molecule has 0 fully saturated rings. The SMILES string of the molecule is CC(C)(C)C1=CC(=CC=C2C=CC(=[N+](c3ccccc3)c3ccccc3)C=C2)C=C(C(C)(C)C)S1.